The van der Waals surface area contributed by atoms with Crippen molar-refractivity contribution < 1.29 is 65.6 Å². The van der Waals surface area contributed by atoms with Crippen LogP contribution in [0.5, 0.6) is 0 Å². The molecule has 0 radical (unpaired) electrons. The Labute approximate surface area is 375 Å². The summed E-state index contributed by atoms with van der Waals surface area (Å²) < 4.78 is 139. The molecule has 0 atom stereocenters. The van der Waals surface area contributed by atoms with Crippen molar-refractivity contribution in [3.63, 3.8) is 0 Å². The maximum atomic E-state index is 12.6. The van der Waals surface area contributed by atoms with Gasteiger partial charge < -0.3 is 9.64 Å². The van der Waals surface area contributed by atoms with Crippen LogP contribution in [-0.2, 0) is 69.5 Å². The van der Waals surface area contributed by atoms with Gasteiger partial charge in [-0.25, -0.2) is 13.7 Å². The molecule has 1 aromatic heterocycles. The van der Waals surface area contributed by atoms with Crippen LogP contribution in [-0.4, -0.2) is 111 Å². The molecule has 0 saturated carbocycles. The molecule has 3 aromatic rings. The van der Waals surface area contributed by atoms with Gasteiger partial charge in [-0.15, -0.1) is 12.6 Å². The smallest absolute Gasteiger partial charge is 0.425 e. The minimum Gasteiger partial charge on any atom is -0.468 e. The molecule has 350 valence electrons. The predicted molar refractivity (Wildman–Crippen MR) is 240 cm³/mol. The van der Waals surface area contributed by atoms with Crippen molar-refractivity contribution in [2.24, 2.45) is 7.05 Å². The molecular weight excluding hydrogens is 913 g/mol. The highest BCUT2D eigenvalue weighted by molar-refractivity contribution is 7.86. The summed E-state index contributed by atoms with van der Waals surface area (Å²) >= 11 is 0. The lowest BCUT2D eigenvalue weighted by Crippen LogP contribution is -2.52. The molecule has 18 nitrogen and oxygen atoms in total. The molecule has 3 heterocycles. The van der Waals surface area contributed by atoms with Gasteiger partial charge in [-0.1, -0.05) is 19.9 Å². The zero-order valence-corrected chi connectivity index (χ0v) is 40.3. The number of ether oxygens (including phenoxy) is 1. The Morgan fingerprint density at radius 3 is 2.02 bits per heavy atom. The molecule has 0 spiro atoms. The number of unbranched alkanes of at least 4 members (excludes halogenated alkanes) is 1. The number of aryl methyl sites for hydroxylation is 2. The fourth-order valence-electron chi connectivity index (χ4n) is 9.35. The summed E-state index contributed by atoms with van der Waals surface area (Å²) in [5.74, 6) is -0.693. The maximum Gasteiger partial charge on any atom is 0.425 e. The van der Waals surface area contributed by atoms with Gasteiger partial charge in [-0.2, -0.15) is 25.3 Å². The number of fused-ring (bicyclic) bond motifs is 4. The van der Waals surface area contributed by atoms with Crippen molar-refractivity contribution in [3.05, 3.63) is 93.0 Å². The Balaban J connectivity index is 0.00000185. The Morgan fingerprint density at radius 1 is 0.781 bits per heavy atom. The van der Waals surface area contributed by atoms with Crippen LogP contribution in [0.25, 0.3) is 16.7 Å². The van der Waals surface area contributed by atoms with Crippen molar-refractivity contribution in [1.29, 1.82) is 0 Å². The number of allylic oxidation sites excluding steroid dienone is 1. The number of anilines is 1. The van der Waals surface area contributed by atoms with Crippen LogP contribution in [0.15, 0.2) is 48.8 Å². The molecule has 3 aliphatic rings. The lowest BCUT2D eigenvalue weighted by Gasteiger charge is -2.45. The first-order chi connectivity index (χ1) is 29.4. The van der Waals surface area contributed by atoms with E-state index in [1.54, 1.807) is 0 Å². The summed E-state index contributed by atoms with van der Waals surface area (Å²) in [5.41, 5.74) is 5.14. The second kappa shape index (κ2) is 18.4. The zero-order valence-electron chi connectivity index (χ0n) is 37.0. The molecule has 0 amide bonds. The van der Waals surface area contributed by atoms with Crippen molar-refractivity contribution in [1.82, 2.24) is 9.14 Å². The number of nitrogens with zero attached hydrogens (tertiary/aromatic N) is 4. The number of imidazole rings is 1. The summed E-state index contributed by atoms with van der Waals surface area (Å²) in [6.45, 7) is 15.6. The molecule has 3 N–H and O–H groups in total. The van der Waals surface area contributed by atoms with E-state index in [2.05, 4.69) is 42.7 Å². The van der Waals surface area contributed by atoms with Gasteiger partial charge in [0.15, 0.2) is 5.54 Å². The molecule has 0 bridgehead atoms. The average Bonchev–Trinajstić information content (AvgIpc) is 3.49. The molecule has 0 saturated heterocycles. The van der Waals surface area contributed by atoms with Crippen LogP contribution >= 0.6 is 0 Å². The first-order valence-electron chi connectivity index (χ1n) is 20.3. The fourth-order valence-corrected chi connectivity index (χ4v) is 11.0. The highest BCUT2D eigenvalue weighted by atomic mass is 32.2. The van der Waals surface area contributed by atoms with Crippen LogP contribution in [0.3, 0.4) is 0 Å². The quantitative estimate of drug-likeness (QED) is 0.0802. The van der Waals surface area contributed by atoms with E-state index in [0.29, 0.717) is 43.5 Å². The number of benzene rings is 2. The van der Waals surface area contributed by atoms with Crippen LogP contribution in [0.4, 0.5) is 5.69 Å². The topological polar surface area (TPSA) is 256 Å². The summed E-state index contributed by atoms with van der Waals surface area (Å²) in [6, 6.07) is 8.29. The number of hydrogen-bond donors (Lipinski definition) is 3. The first-order valence-corrected chi connectivity index (χ1v) is 26.2. The normalized spacial score (nSPS) is 17.1. The molecule has 64 heavy (non-hydrogen) atoms. The van der Waals surface area contributed by atoms with Gasteiger partial charge >= 0.3 is 10.6 Å². The maximum absolute atomic E-state index is 12.6. The van der Waals surface area contributed by atoms with E-state index in [-0.39, 0.29) is 25.3 Å². The van der Waals surface area contributed by atoms with E-state index in [9.17, 15) is 43.7 Å². The van der Waals surface area contributed by atoms with E-state index < -0.39 is 69.0 Å². The molecule has 2 aromatic carbocycles. The standard InChI is InChI=1S/C42H54N4O11S3.O3S/c1-28-24-40(2,3)46(16-19-59(51,52)53)36-22-34-32(20-30(28)36)38(39-43(8)14-15-44(39)12-9-10-18-58(48,49)50)33-21-31-29(26-60(54,55)56)25-41(4,5)45(13-11-17-57-27-47)37(31)23-35(33)42(34,6)7;1-4(2)3/h14-15,20-25,27H,9-13,16-19,26H2,1-8H3,(H-2,48,49,50,51,52,53,54,55,56);/p+2. The van der Waals surface area contributed by atoms with E-state index >= 15 is 0 Å². The monoisotopic (exact) mass is 968 g/mol. The van der Waals surface area contributed by atoms with Gasteiger partial charge in [0.05, 0.1) is 48.4 Å². The highest BCUT2D eigenvalue weighted by Crippen LogP contribution is 2.47. The molecule has 0 fully saturated rings. The SMILES string of the molecule is CC1=CC(C)(C)N(CCS(=O)(=O)O)c2cc3c(cc21)C(c1n(CCCCS(=O)(=O)O)cc[n+]1C)=c1cc2c(cc1C3(C)C)=[N+](CCCOC=O)C(C)(C)C=C2CS(=O)(=O)O.O=S(=O)=O. The Kier molecular flexibility index (Phi) is 14.5. The average molecular weight is 969 g/mol. The van der Waals surface area contributed by atoms with Gasteiger partial charge in [0.1, 0.15) is 24.7 Å². The number of aromatic nitrogens is 2. The lowest BCUT2D eigenvalue weighted by atomic mass is 9.68. The lowest BCUT2D eigenvalue weighted by molar-refractivity contribution is -0.673. The number of hydrogen-bond acceptors (Lipinski definition) is 12. The predicted octanol–water partition coefficient (Wildman–Crippen LogP) is 1.87. The van der Waals surface area contributed by atoms with Gasteiger partial charge in [0.2, 0.25) is 5.36 Å². The van der Waals surface area contributed by atoms with Crippen LogP contribution in [0.2, 0.25) is 0 Å². The largest absolute Gasteiger partial charge is 0.468 e. The summed E-state index contributed by atoms with van der Waals surface area (Å²) in [4.78, 5) is 13.0. The molecule has 6 rings (SSSR count). The second-order valence-electron chi connectivity index (χ2n) is 17.9. The summed E-state index contributed by atoms with van der Waals surface area (Å²) in [7, 11) is -14.1. The van der Waals surface area contributed by atoms with E-state index in [1.165, 1.54) is 0 Å². The Bertz CT molecular complexity index is 3040. The number of rotatable bonds is 16. The fraction of sp³-hybridized carbons (Fsp3) is 0.500. The third kappa shape index (κ3) is 11.3. The van der Waals surface area contributed by atoms with Gasteiger partial charge in [-0.3, -0.25) is 18.5 Å². The minimum absolute atomic E-state index is 0.0323. The van der Waals surface area contributed by atoms with Gasteiger partial charge in [0, 0.05) is 49.5 Å². The van der Waals surface area contributed by atoms with Crippen LogP contribution in [0.1, 0.15) is 101 Å². The number of carbonyl (C=O) groups excluding carboxylic acids is 1. The zero-order chi connectivity index (χ0) is 48.0. The van der Waals surface area contributed by atoms with E-state index in [4.69, 9.17) is 17.4 Å². The third-order valence-electron chi connectivity index (χ3n) is 12.0. The third-order valence-corrected chi connectivity index (χ3v) is 14.2. The van der Waals surface area contributed by atoms with E-state index in [1.807, 2.05) is 80.2 Å². The second-order valence-corrected chi connectivity index (χ2v) is 22.9. The molecule has 0 unspecified atom stereocenters. The summed E-state index contributed by atoms with van der Waals surface area (Å²) in [6.07, 6.45) is 8.88. The van der Waals surface area contributed by atoms with Crippen molar-refractivity contribution in [2.45, 2.75) is 90.8 Å². The van der Waals surface area contributed by atoms with Crippen LogP contribution in [0, 0.1) is 0 Å². The van der Waals surface area contributed by atoms with Gasteiger partial charge in [0.25, 0.3) is 42.7 Å². The van der Waals surface area contributed by atoms with Crippen molar-refractivity contribution in [3.8, 4) is 0 Å². The summed E-state index contributed by atoms with van der Waals surface area (Å²) in [5, 5.41) is 1.55. The number of carbonyl (C=O) groups is 1. The van der Waals surface area contributed by atoms with Gasteiger partial charge in [-0.05, 0) is 90.9 Å². The minimum atomic E-state index is -4.48. The molecule has 22 heteroatoms. The molecule has 2 aliphatic heterocycles. The molecular formula is C42H56N4O14S4+2. The van der Waals surface area contributed by atoms with Crippen molar-refractivity contribution >= 4 is 69.8 Å². The highest BCUT2D eigenvalue weighted by Gasteiger charge is 2.43. The van der Waals surface area contributed by atoms with E-state index in [0.717, 1.165) is 55.5 Å². The molecule has 1 aliphatic carbocycles. The van der Waals surface area contributed by atoms with Crippen molar-refractivity contribution in [2.75, 3.05) is 41.9 Å². The first kappa shape index (κ1) is 50.4. The van der Waals surface area contributed by atoms with Crippen LogP contribution < -0.4 is 24.6 Å². The Morgan fingerprint density at radius 2 is 1.42 bits per heavy atom. The Hall–Kier alpha value is -4.58.